The minimum absolute atomic E-state index is 0.0887. The van der Waals surface area contributed by atoms with Crippen LogP contribution in [0.4, 0.5) is 10.1 Å². The minimum Gasteiger partial charge on any atom is -0.872 e. The van der Waals surface area contributed by atoms with Crippen molar-refractivity contribution in [3.05, 3.63) is 67.8 Å². The lowest BCUT2D eigenvalue weighted by atomic mass is 10.1. The number of rotatable bonds is 4. The zero-order valence-electron chi connectivity index (χ0n) is 12.4. The molecule has 0 radical (unpaired) electrons. The van der Waals surface area contributed by atoms with Gasteiger partial charge in [0.2, 0.25) is 0 Å². The SMILES string of the molecule is O=C(NCc1cc([N+](=O)[O-])ccc1[O-])c1sc2cc(F)ccc2c1Cl. The number of halogens is 2. The zero-order valence-corrected chi connectivity index (χ0v) is 14.0. The van der Waals surface area contributed by atoms with E-state index in [0.717, 1.165) is 29.5 Å². The monoisotopic (exact) mass is 379 g/mol. The van der Waals surface area contributed by atoms with Gasteiger partial charge < -0.3 is 10.4 Å². The Balaban J connectivity index is 1.83. The van der Waals surface area contributed by atoms with Gasteiger partial charge >= 0.3 is 0 Å². The summed E-state index contributed by atoms with van der Waals surface area (Å²) in [4.78, 5) is 22.6. The first-order valence-electron chi connectivity index (χ1n) is 6.97. The molecule has 0 unspecified atom stereocenters. The number of carbonyl (C=O) groups excluding carboxylic acids is 1. The number of nitro groups is 1. The normalized spacial score (nSPS) is 10.8. The number of benzene rings is 2. The molecule has 0 spiro atoms. The van der Waals surface area contributed by atoms with Crippen molar-refractivity contribution >= 4 is 44.6 Å². The van der Waals surface area contributed by atoms with Gasteiger partial charge in [-0.1, -0.05) is 17.7 Å². The number of hydrogen-bond donors (Lipinski definition) is 1. The lowest BCUT2D eigenvalue weighted by Crippen LogP contribution is -2.22. The molecule has 0 atom stereocenters. The molecule has 1 aromatic heterocycles. The minimum atomic E-state index is -0.623. The van der Waals surface area contributed by atoms with Gasteiger partial charge in [0, 0.05) is 28.8 Å². The highest BCUT2D eigenvalue weighted by Gasteiger charge is 2.17. The number of non-ortho nitro benzene ring substituents is 1. The Labute approximate surface area is 149 Å². The highest BCUT2D eigenvalue weighted by Crippen LogP contribution is 2.35. The molecule has 9 heteroatoms. The summed E-state index contributed by atoms with van der Waals surface area (Å²) in [5, 5.41) is 25.8. The number of hydrogen-bond acceptors (Lipinski definition) is 5. The Bertz CT molecular complexity index is 1010. The molecule has 128 valence electrons. The summed E-state index contributed by atoms with van der Waals surface area (Å²) in [5.41, 5.74) is -0.148. The maximum Gasteiger partial charge on any atom is 0.269 e. The summed E-state index contributed by atoms with van der Waals surface area (Å²) in [6.45, 7) is -0.182. The molecular weight excluding hydrogens is 371 g/mol. The third-order valence-corrected chi connectivity index (χ3v) is 5.15. The van der Waals surface area contributed by atoms with E-state index >= 15 is 0 Å². The summed E-state index contributed by atoms with van der Waals surface area (Å²) in [7, 11) is 0. The van der Waals surface area contributed by atoms with Gasteiger partial charge in [-0.15, -0.1) is 17.1 Å². The Morgan fingerprint density at radius 1 is 1.28 bits per heavy atom. The molecule has 1 heterocycles. The molecule has 0 aliphatic rings. The molecule has 25 heavy (non-hydrogen) atoms. The first-order chi connectivity index (χ1) is 11.9. The number of amides is 1. The Morgan fingerprint density at radius 2 is 2.04 bits per heavy atom. The van der Waals surface area contributed by atoms with Crippen LogP contribution in [0.25, 0.3) is 10.1 Å². The lowest BCUT2D eigenvalue weighted by Gasteiger charge is -2.13. The van der Waals surface area contributed by atoms with Crippen LogP contribution < -0.4 is 10.4 Å². The van der Waals surface area contributed by atoms with E-state index in [9.17, 15) is 24.4 Å². The second-order valence-corrected chi connectivity index (χ2v) is 6.55. The first kappa shape index (κ1) is 17.1. The molecule has 0 aliphatic heterocycles. The van der Waals surface area contributed by atoms with Gasteiger partial charge in [0.05, 0.1) is 9.95 Å². The maximum absolute atomic E-state index is 13.3. The smallest absolute Gasteiger partial charge is 0.269 e. The number of nitrogens with one attached hydrogen (secondary N) is 1. The van der Waals surface area contributed by atoms with Crippen LogP contribution in [-0.2, 0) is 6.54 Å². The summed E-state index contributed by atoms with van der Waals surface area (Å²) in [6, 6.07) is 7.30. The molecule has 0 fully saturated rings. The van der Waals surface area contributed by atoms with E-state index in [2.05, 4.69) is 5.32 Å². The lowest BCUT2D eigenvalue weighted by molar-refractivity contribution is -0.385. The number of fused-ring (bicyclic) bond motifs is 1. The molecule has 0 saturated heterocycles. The van der Waals surface area contributed by atoms with Crippen molar-refractivity contribution in [2.24, 2.45) is 0 Å². The molecule has 0 aliphatic carbocycles. The second kappa shape index (κ2) is 6.66. The second-order valence-electron chi connectivity index (χ2n) is 5.12. The summed E-state index contributed by atoms with van der Waals surface area (Å²) in [5.74, 6) is -1.40. The van der Waals surface area contributed by atoms with Gasteiger partial charge in [0.1, 0.15) is 10.7 Å². The Hall–Kier alpha value is -2.71. The van der Waals surface area contributed by atoms with Crippen LogP contribution in [0.1, 0.15) is 15.2 Å². The molecule has 0 saturated carbocycles. The predicted molar refractivity (Wildman–Crippen MR) is 90.5 cm³/mol. The topological polar surface area (TPSA) is 95.3 Å². The van der Waals surface area contributed by atoms with Crippen molar-refractivity contribution in [3.8, 4) is 5.75 Å². The van der Waals surface area contributed by atoms with Gasteiger partial charge in [0.25, 0.3) is 11.6 Å². The molecule has 0 bridgehead atoms. The maximum atomic E-state index is 13.3. The van der Waals surface area contributed by atoms with Crippen LogP contribution in [0.15, 0.2) is 36.4 Å². The first-order valence-corrected chi connectivity index (χ1v) is 8.16. The van der Waals surface area contributed by atoms with Crippen molar-refractivity contribution in [1.29, 1.82) is 0 Å². The van der Waals surface area contributed by atoms with Gasteiger partial charge in [-0.05, 0) is 23.8 Å². The van der Waals surface area contributed by atoms with Crippen LogP contribution in [-0.4, -0.2) is 10.8 Å². The summed E-state index contributed by atoms with van der Waals surface area (Å²) < 4.78 is 13.8. The molecule has 2 aromatic carbocycles. The van der Waals surface area contributed by atoms with Gasteiger partial charge in [-0.25, -0.2) is 4.39 Å². The Kier molecular flexibility index (Phi) is 4.56. The van der Waals surface area contributed by atoms with Gasteiger partial charge in [-0.3, -0.25) is 14.9 Å². The number of carbonyl (C=O) groups is 1. The van der Waals surface area contributed by atoms with E-state index in [-0.39, 0.29) is 27.7 Å². The fourth-order valence-electron chi connectivity index (χ4n) is 2.26. The average molecular weight is 380 g/mol. The fourth-order valence-corrected chi connectivity index (χ4v) is 3.72. The van der Waals surface area contributed by atoms with Crippen LogP contribution >= 0.6 is 22.9 Å². The van der Waals surface area contributed by atoms with E-state index in [1.807, 2.05) is 0 Å². The van der Waals surface area contributed by atoms with Crippen LogP contribution in [0.3, 0.4) is 0 Å². The highest BCUT2D eigenvalue weighted by molar-refractivity contribution is 7.21. The molecule has 1 amide bonds. The van der Waals surface area contributed by atoms with Crippen molar-refractivity contribution in [1.82, 2.24) is 5.32 Å². The average Bonchev–Trinajstić information content (AvgIpc) is 2.89. The van der Waals surface area contributed by atoms with E-state index in [1.165, 1.54) is 18.2 Å². The highest BCUT2D eigenvalue weighted by atomic mass is 35.5. The van der Waals surface area contributed by atoms with Crippen molar-refractivity contribution < 1.29 is 19.2 Å². The van der Waals surface area contributed by atoms with E-state index < -0.39 is 22.4 Å². The summed E-state index contributed by atoms with van der Waals surface area (Å²) >= 11 is 7.18. The van der Waals surface area contributed by atoms with Crippen LogP contribution in [0.2, 0.25) is 5.02 Å². The van der Waals surface area contributed by atoms with Gasteiger partial charge in [-0.2, -0.15) is 0 Å². The van der Waals surface area contributed by atoms with Crippen LogP contribution in [0.5, 0.6) is 5.75 Å². The number of thiophene rings is 1. The van der Waals surface area contributed by atoms with Crippen LogP contribution in [0, 0.1) is 15.9 Å². The quantitative estimate of drug-likeness (QED) is 0.553. The van der Waals surface area contributed by atoms with E-state index in [4.69, 9.17) is 11.6 Å². The predicted octanol–water partition coefficient (Wildman–Crippen LogP) is 3.61. The number of nitrogens with zero attached hydrogens (tertiary/aromatic N) is 1. The Morgan fingerprint density at radius 3 is 2.76 bits per heavy atom. The molecular formula is C16H9ClFN2O4S-. The molecule has 3 rings (SSSR count). The third-order valence-electron chi connectivity index (χ3n) is 3.49. The van der Waals surface area contributed by atoms with Gasteiger partial charge in [0.15, 0.2) is 0 Å². The van der Waals surface area contributed by atoms with Crippen molar-refractivity contribution in [2.75, 3.05) is 0 Å². The number of nitro benzene ring substituents is 1. The third kappa shape index (κ3) is 3.40. The van der Waals surface area contributed by atoms with E-state index in [1.54, 1.807) is 0 Å². The largest absolute Gasteiger partial charge is 0.872 e. The zero-order chi connectivity index (χ0) is 18.1. The summed E-state index contributed by atoms with van der Waals surface area (Å²) in [6.07, 6.45) is 0. The fraction of sp³-hybridized carbons (Fsp3) is 0.0625. The molecule has 6 nitrogen and oxygen atoms in total. The molecule has 1 N–H and O–H groups in total. The van der Waals surface area contributed by atoms with Crippen molar-refractivity contribution in [2.45, 2.75) is 6.54 Å². The molecule has 3 aromatic rings. The van der Waals surface area contributed by atoms with E-state index in [0.29, 0.717) is 10.1 Å². The van der Waals surface area contributed by atoms with Crippen molar-refractivity contribution in [3.63, 3.8) is 0 Å². The standard InChI is InChI=1S/C16H10ClFN2O4S/c17-14-11-3-1-9(18)6-13(11)25-15(14)16(22)19-7-8-5-10(20(23)24)2-4-12(8)21/h1-6,21H,7H2,(H,19,22)/p-1.